The molecule has 0 N–H and O–H groups in total. The summed E-state index contributed by atoms with van der Waals surface area (Å²) in [6.07, 6.45) is 3.04. The summed E-state index contributed by atoms with van der Waals surface area (Å²) >= 11 is 1.49. The number of carbonyl (C=O) groups is 1. The van der Waals surface area contributed by atoms with E-state index in [2.05, 4.69) is 18.0 Å². The molecule has 8 heteroatoms. The molecule has 0 aliphatic rings. The fourth-order valence-corrected chi connectivity index (χ4v) is 3.96. The number of aryl methyl sites for hydroxylation is 2. The lowest BCUT2D eigenvalue weighted by Crippen LogP contribution is -2.35. The second kappa shape index (κ2) is 9.15. The average Bonchev–Trinajstić information content (AvgIpc) is 3.09. The Morgan fingerprint density at radius 3 is 2.60 bits per heavy atom. The molecule has 1 amide bonds. The number of carbonyl (C=O) groups excluding carboxylic acids is 1. The second-order valence-corrected chi connectivity index (χ2v) is 8.39. The molecule has 7 nitrogen and oxygen atoms in total. The maximum atomic E-state index is 13.0. The van der Waals surface area contributed by atoms with Crippen LogP contribution in [0.1, 0.15) is 16.7 Å². The molecule has 0 saturated carbocycles. The van der Waals surface area contributed by atoms with E-state index in [9.17, 15) is 14.9 Å². The van der Waals surface area contributed by atoms with Crippen LogP contribution in [0.5, 0.6) is 0 Å². The Hall–Kier alpha value is -3.10. The lowest BCUT2D eigenvalue weighted by Gasteiger charge is -2.20. The molecule has 156 valence electrons. The number of benzene rings is 2. The zero-order valence-corrected chi connectivity index (χ0v) is 18.3. The summed E-state index contributed by atoms with van der Waals surface area (Å²) in [5, 5.41) is 11.6. The summed E-state index contributed by atoms with van der Waals surface area (Å²) in [6.45, 7) is 5.28. The molecule has 30 heavy (non-hydrogen) atoms. The molecular weight excluding hydrogens is 400 g/mol. The van der Waals surface area contributed by atoms with Crippen LogP contribution in [0.15, 0.2) is 42.5 Å². The van der Waals surface area contributed by atoms with Gasteiger partial charge in [-0.25, -0.2) is 4.98 Å². The first kappa shape index (κ1) is 21.6. The van der Waals surface area contributed by atoms with Crippen molar-refractivity contribution < 1.29 is 9.72 Å². The van der Waals surface area contributed by atoms with Crippen LogP contribution in [0.4, 0.5) is 10.8 Å². The smallest absolute Gasteiger partial charge is 0.270 e. The van der Waals surface area contributed by atoms with Gasteiger partial charge < -0.3 is 4.90 Å². The third-order valence-electron chi connectivity index (χ3n) is 4.76. The van der Waals surface area contributed by atoms with Crippen molar-refractivity contribution in [2.24, 2.45) is 0 Å². The summed E-state index contributed by atoms with van der Waals surface area (Å²) in [4.78, 5) is 31.9. The Balaban J connectivity index is 1.90. The van der Waals surface area contributed by atoms with Gasteiger partial charge in [0.15, 0.2) is 5.13 Å². The van der Waals surface area contributed by atoms with Gasteiger partial charge in [-0.2, -0.15) is 0 Å². The molecule has 0 aliphatic heterocycles. The number of nitro groups is 1. The number of nitrogens with zero attached hydrogens (tertiary/aromatic N) is 4. The topological polar surface area (TPSA) is 79.6 Å². The van der Waals surface area contributed by atoms with Crippen LogP contribution < -0.4 is 4.90 Å². The van der Waals surface area contributed by atoms with Gasteiger partial charge in [0.25, 0.3) is 11.6 Å². The Labute approximate surface area is 179 Å². The highest BCUT2D eigenvalue weighted by Gasteiger charge is 2.18. The van der Waals surface area contributed by atoms with E-state index < -0.39 is 4.92 Å². The van der Waals surface area contributed by atoms with E-state index in [1.807, 2.05) is 32.0 Å². The molecule has 3 aromatic rings. The normalized spacial score (nSPS) is 11.5. The van der Waals surface area contributed by atoms with E-state index in [0.717, 1.165) is 15.8 Å². The lowest BCUT2D eigenvalue weighted by atomic mass is 10.1. The number of non-ortho nitro benzene ring substituents is 1. The van der Waals surface area contributed by atoms with Crippen molar-refractivity contribution in [3.05, 3.63) is 69.3 Å². The number of aromatic nitrogens is 1. The van der Waals surface area contributed by atoms with Crippen LogP contribution in [-0.2, 0) is 4.79 Å². The van der Waals surface area contributed by atoms with Gasteiger partial charge in [-0.05, 0) is 62.8 Å². The second-order valence-electron chi connectivity index (χ2n) is 7.38. The highest BCUT2D eigenvalue weighted by atomic mass is 32.1. The Bertz CT molecular complexity index is 1080. The summed E-state index contributed by atoms with van der Waals surface area (Å²) in [5.41, 5.74) is 3.82. The molecule has 1 heterocycles. The van der Waals surface area contributed by atoms with Crippen LogP contribution >= 0.6 is 11.3 Å². The van der Waals surface area contributed by atoms with Gasteiger partial charge in [-0.3, -0.25) is 19.8 Å². The van der Waals surface area contributed by atoms with Crippen molar-refractivity contribution in [1.29, 1.82) is 0 Å². The fraction of sp³-hybridized carbons (Fsp3) is 0.273. The van der Waals surface area contributed by atoms with Gasteiger partial charge in [0.1, 0.15) is 0 Å². The number of amides is 1. The Kier molecular flexibility index (Phi) is 6.59. The summed E-state index contributed by atoms with van der Waals surface area (Å²) < 4.78 is 1.04. The van der Waals surface area contributed by atoms with Crippen LogP contribution in [0.3, 0.4) is 0 Å². The van der Waals surface area contributed by atoms with Crippen molar-refractivity contribution in [3.8, 4) is 0 Å². The van der Waals surface area contributed by atoms with Crippen molar-refractivity contribution in [1.82, 2.24) is 9.88 Å². The van der Waals surface area contributed by atoms with E-state index in [-0.39, 0.29) is 11.6 Å². The highest BCUT2D eigenvalue weighted by Crippen LogP contribution is 2.31. The van der Waals surface area contributed by atoms with Crippen molar-refractivity contribution in [2.45, 2.75) is 13.8 Å². The molecule has 0 fully saturated rings. The lowest BCUT2D eigenvalue weighted by molar-refractivity contribution is -0.384. The minimum Gasteiger partial charge on any atom is -0.308 e. The Morgan fingerprint density at radius 1 is 1.17 bits per heavy atom. The maximum absolute atomic E-state index is 13.0. The number of nitro benzene ring substituents is 1. The fourth-order valence-electron chi connectivity index (χ4n) is 2.88. The van der Waals surface area contributed by atoms with Gasteiger partial charge in [0, 0.05) is 31.3 Å². The summed E-state index contributed by atoms with van der Waals surface area (Å²) in [7, 11) is 3.90. The molecule has 3 rings (SSSR count). The molecule has 0 unspecified atom stereocenters. The van der Waals surface area contributed by atoms with Gasteiger partial charge in [-0.15, -0.1) is 0 Å². The first-order chi connectivity index (χ1) is 14.2. The number of likely N-dealkylation sites (N-methyl/N-ethyl adjacent to an activating group) is 1. The van der Waals surface area contributed by atoms with Gasteiger partial charge in [-0.1, -0.05) is 23.5 Å². The zero-order chi connectivity index (χ0) is 21.8. The SMILES string of the molecule is Cc1cc2nc(N(CCN(C)C)C(=O)C=Cc3cccc([N+](=O)[O-])c3)sc2cc1C. The monoisotopic (exact) mass is 424 g/mol. The van der Waals surface area contributed by atoms with E-state index >= 15 is 0 Å². The molecule has 0 bridgehead atoms. The zero-order valence-electron chi connectivity index (χ0n) is 17.5. The van der Waals surface area contributed by atoms with Crippen molar-refractivity contribution >= 4 is 44.4 Å². The van der Waals surface area contributed by atoms with Crippen LogP contribution in [-0.4, -0.2) is 47.9 Å². The predicted molar refractivity (Wildman–Crippen MR) is 122 cm³/mol. The largest absolute Gasteiger partial charge is 0.308 e. The van der Waals surface area contributed by atoms with E-state index in [1.165, 1.54) is 35.1 Å². The van der Waals surface area contributed by atoms with E-state index in [0.29, 0.717) is 23.8 Å². The highest BCUT2D eigenvalue weighted by molar-refractivity contribution is 7.22. The molecule has 2 aromatic carbocycles. The molecule has 0 atom stereocenters. The first-order valence-electron chi connectivity index (χ1n) is 9.51. The predicted octanol–water partition coefficient (Wildman–Crippen LogP) is 4.43. The Morgan fingerprint density at radius 2 is 1.90 bits per heavy atom. The quantitative estimate of drug-likeness (QED) is 0.318. The van der Waals surface area contributed by atoms with Gasteiger partial charge in [0.2, 0.25) is 0 Å². The third kappa shape index (κ3) is 5.08. The molecule has 0 aliphatic carbocycles. The van der Waals surface area contributed by atoms with E-state index in [1.54, 1.807) is 23.1 Å². The van der Waals surface area contributed by atoms with Gasteiger partial charge >= 0.3 is 0 Å². The summed E-state index contributed by atoms with van der Waals surface area (Å²) in [6, 6.07) is 10.3. The average molecular weight is 425 g/mol. The summed E-state index contributed by atoms with van der Waals surface area (Å²) in [5.74, 6) is -0.212. The number of fused-ring (bicyclic) bond motifs is 1. The molecule has 0 radical (unpaired) electrons. The third-order valence-corrected chi connectivity index (χ3v) is 5.80. The minimum absolute atomic E-state index is 0.00836. The number of rotatable bonds is 7. The number of hydrogen-bond donors (Lipinski definition) is 0. The van der Waals surface area contributed by atoms with Crippen LogP contribution in [0, 0.1) is 24.0 Å². The molecule has 1 aromatic heterocycles. The van der Waals surface area contributed by atoms with Crippen LogP contribution in [0.25, 0.3) is 16.3 Å². The molecule has 0 spiro atoms. The van der Waals surface area contributed by atoms with Gasteiger partial charge in [0.05, 0.1) is 15.1 Å². The van der Waals surface area contributed by atoms with Crippen LogP contribution in [0.2, 0.25) is 0 Å². The van der Waals surface area contributed by atoms with E-state index in [4.69, 9.17) is 0 Å². The van der Waals surface area contributed by atoms with Crippen molar-refractivity contribution in [3.63, 3.8) is 0 Å². The number of thiazole rings is 1. The molecule has 0 saturated heterocycles. The standard InChI is InChI=1S/C22H24N4O3S/c1-15-12-19-20(13-16(15)2)30-22(23-19)25(11-10-24(3)4)21(27)9-8-17-6-5-7-18(14-17)26(28)29/h5-9,12-14H,10-11H2,1-4H3. The maximum Gasteiger partial charge on any atom is 0.270 e. The number of anilines is 1. The first-order valence-corrected chi connectivity index (χ1v) is 10.3. The minimum atomic E-state index is -0.451. The number of hydrogen-bond acceptors (Lipinski definition) is 6. The van der Waals surface area contributed by atoms with Crippen molar-refractivity contribution in [2.75, 3.05) is 32.1 Å². The molecular formula is C22H24N4O3S.